The fourth-order valence-corrected chi connectivity index (χ4v) is 1.65. The lowest BCUT2D eigenvalue weighted by Gasteiger charge is -1.95. The Labute approximate surface area is 85.7 Å². The van der Waals surface area contributed by atoms with E-state index in [-0.39, 0.29) is 5.48 Å². The number of hydrogen-bond donors (Lipinski definition) is 1. The second kappa shape index (κ2) is 4.92. The first-order valence-corrected chi connectivity index (χ1v) is 5.17. The molecule has 0 radical (unpaired) electrons. The van der Waals surface area contributed by atoms with E-state index in [0.717, 1.165) is 28.5 Å². The van der Waals surface area contributed by atoms with Crippen LogP contribution >= 0.6 is 11.8 Å². The van der Waals surface area contributed by atoms with Crippen LogP contribution < -0.4 is 0 Å². The number of nitrogens with zero attached hydrogens (tertiary/aromatic N) is 3. The molecule has 0 aromatic carbocycles. The van der Waals surface area contributed by atoms with Crippen molar-refractivity contribution in [3.63, 3.8) is 0 Å². The van der Waals surface area contributed by atoms with Crippen molar-refractivity contribution >= 4 is 22.9 Å². The first-order chi connectivity index (χ1) is 6.40. The van der Waals surface area contributed by atoms with E-state index in [4.69, 9.17) is 0 Å². The number of hydrogen-bond acceptors (Lipinski definition) is 4. The first-order valence-electron chi connectivity index (χ1n) is 4.19. The second-order valence-electron chi connectivity index (χ2n) is 2.64. The van der Waals surface area contributed by atoms with Crippen molar-refractivity contribution < 1.29 is 5.48 Å². The van der Waals surface area contributed by atoms with Crippen molar-refractivity contribution in [2.75, 3.05) is 5.75 Å². The lowest BCUT2D eigenvalue weighted by atomic mass is 10.6. The highest BCUT2D eigenvalue weighted by Gasteiger charge is 2.00. The molecule has 6 heteroatoms. The van der Waals surface area contributed by atoms with Crippen LogP contribution in [0.2, 0.25) is 0 Å². The Morgan fingerprint density at radius 3 is 3.07 bits per heavy atom. The van der Waals surface area contributed by atoms with Crippen molar-refractivity contribution in [1.29, 1.82) is 0 Å². The SMILES string of the molecule is CCCSc1ncc2[nH]cnc2n1.O. The number of thioether (sulfide) groups is 1. The van der Waals surface area contributed by atoms with Gasteiger partial charge in [-0.15, -0.1) is 0 Å². The summed E-state index contributed by atoms with van der Waals surface area (Å²) in [4.78, 5) is 15.5. The minimum Gasteiger partial charge on any atom is -0.412 e. The van der Waals surface area contributed by atoms with Gasteiger partial charge in [-0.2, -0.15) is 0 Å². The van der Waals surface area contributed by atoms with Crippen LogP contribution in [0.15, 0.2) is 17.7 Å². The van der Waals surface area contributed by atoms with Crippen LogP contribution in [0.25, 0.3) is 11.2 Å². The van der Waals surface area contributed by atoms with Crippen molar-refractivity contribution in [2.24, 2.45) is 0 Å². The highest BCUT2D eigenvalue weighted by Crippen LogP contribution is 2.15. The Morgan fingerprint density at radius 2 is 2.29 bits per heavy atom. The molecule has 3 N–H and O–H groups in total. The minimum atomic E-state index is 0. The third-order valence-corrected chi connectivity index (χ3v) is 2.66. The Bertz CT molecular complexity index is 403. The molecule has 2 rings (SSSR count). The van der Waals surface area contributed by atoms with Crippen molar-refractivity contribution in [3.8, 4) is 0 Å². The van der Waals surface area contributed by atoms with Crippen LogP contribution in [0.4, 0.5) is 0 Å². The van der Waals surface area contributed by atoms with Gasteiger partial charge in [0, 0.05) is 5.75 Å². The van der Waals surface area contributed by atoms with Gasteiger partial charge in [-0.05, 0) is 6.42 Å². The summed E-state index contributed by atoms with van der Waals surface area (Å²) in [6.45, 7) is 2.14. The van der Waals surface area contributed by atoms with Gasteiger partial charge in [-0.25, -0.2) is 15.0 Å². The minimum absolute atomic E-state index is 0. The molecule has 0 amide bonds. The summed E-state index contributed by atoms with van der Waals surface area (Å²) < 4.78 is 0. The third-order valence-electron chi connectivity index (χ3n) is 1.59. The highest BCUT2D eigenvalue weighted by molar-refractivity contribution is 7.99. The highest BCUT2D eigenvalue weighted by atomic mass is 32.2. The topological polar surface area (TPSA) is 86.0 Å². The van der Waals surface area contributed by atoms with E-state index in [1.807, 2.05) is 0 Å². The number of fused-ring (bicyclic) bond motifs is 1. The molecule has 0 aliphatic rings. The molecule has 0 spiro atoms. The van der Waals surface area contributed by atoms with Gasteiger partial charge in [-0.1, -0.05) is 18.7 Å². The molecule has 2 aromatic heterocycles. The standard InChI is InChI=1S/C8H10N4S.H2O/c1-2-3-13-8-9-4-6-7(12-8)11-5-10-6;/h4-5H,2-3H2,1H3,(H,9,10,11,12);1H2. The summed E-state index contributed by atoms with van der Waals surface area (Å²) in [6, 6.07) is 0. The van der Waals surface area contributed by atoms with Crippen LogP contribution in [0.5, 0.6) is 0 Å². The molecule has 2 heterocycles. The fraction of sp³-hybridized carbons (Fsp3) is 0.375. The Balaban J connectivity index is 0.000000980. The predicted octanol–water partition coefficient (Wildman–Crippen LogP) is 1.03. The third kappa shape index (κ3) is 2.21. The lowest BCUT2D eigenvalue weighted by molar-refractivity contribution is 0.824. The van der Waals surface area contributed by atoms with E-state index in [1.165, 1.54) is 0 Å². The molecular weight excluding hydrogens is 200 g/mol. The Hall–Kier alpha value is -1.14. The molecule has 0 unspecified atom stereocenters. The predicted molar refractivity (Wildman–Crippen MR) is 56.3 cm³/mol. The summed E-state index contributed by atoms with van der Waals surface area (Å²) in [6.07, 6.45) is 4.54. The molecule has 0 atom stereocenters. The maximum Gasteiger partial charge on any atom is 0.189 e. The van der Waals surface area contributed by atoms with E-state index >= 15 is 0 Å². The van der Waals surface area contributed by atoms with Crippen molar-refractivity contribution in [1.82, 2.24) is 19.9 Å². The van der Waals surface area contributed by atoms with Crippen LogP contribution in [-0.2, 0) is 0 Å². The number of imidazole rings is 1. The van der Waals surface area contributed by atoms with Crippen LogP contribution in [0.3, 0.4) is 0 Å². The van der Waals surface area contributed by atoms with Crippen LogP contribution in [0.1, 0.15) is 13.3 Å². The van der Waals surface area contributed by atoms with E-state index in [2.05, 4.69) is 26.9 Å². The average molecular weight is 212 g/mol. The molecule has 0 bridgehead atoms. The summed E-state index contributed by atoms with van der Waals surface area (Å²) in [5, 5.41) is 0.807. The Kier molecular flexibility index (Phi) is 3.84. The molecule has 5 nitrogen and oxygen atoms in total. The van der Waals surface area contributed by atoms with E-state index in [1.54, 1.807) is 24.3 Å². The summed E-state index contributed by atoms with van der Waals surface area (Å²) in [7, 11) is 0. The molecule has 14 heavy (non-hydrogen) atoms. The van der Waals surface area contributed by atoms with Crippen molar-refractivity contribution in [2.45, 2.75) is 18.5 Å². The smallest absolute Gasteiger partial charge is 0.189 e. The summed E-state index contributed by atoms with van der Waals surface area (Å²) >= 11 is 1.66. The lowest BCUT2D eigenvalue weighted by Crippen LogP contribution is -1.87. The number of H-pyrrole nitrogens is 1. The average Bonchev–Trinajstić information content (AvgIpc) is 2.61. The van der Waals surface area contributed by atoms with Gasteiger partial charge < -0.3 is 10.5 Å². The van der Waals surface area contributed by atoms with Crippen LogP contribution in [-0.4, -0.2) is 31.2 Å². The van der Waals surface area contributed by atoms with E-state index in [0.29, 0.717) is 0 Å². The van der Waals surface area contributed by atoms with Gasteiger partial charge in [0.1, 0.15) is 5.52 Å². The molecule has 0 fully saturated rings. The van der Waals surface area contributed by atoms with Gasteiger partial charge in [0.25, 0.3) is 0 Å². The Morgan fingerprint density at radius 1 is 1.43 bits per heavy atom. The summed E-state index contributed by atoms with van der Waals surface area (Å²) in [5.74, 6) is 1.05. The number of aromatic nitrogens is 4. The van der Waals surface area contributed by atoms with Gasteiger partial charge in [-0.3, -0.25) is 0 Å². The van der Waals surface area contributed by atoms with Gasteiger partial charge >= 0.3 is 0 Å². The first kappa shape index (κ1) is 10.9. The molecule has 0 saturated carbocycles. The maximum absolute atomic E-state index is 4.28. The second-order valence-corrected chi connectivity index (χ2v) is 3.70. The van der Waals surface area contributed by atoms with Crippen molar-refractivity contribution in [3.05, 3.63) is 12.5 Å². The zero-order chi connectivity index (χ0) is 9.10. The fourth-order valence-electron chi connectivity index (χ4n) is 0.983. The molecule has 0 saturated heterocycles. The normalized spacial score (nSPS) is 10.1. The number of rotatable bonds is 3. The monoisotopic (exact) mass is 212 g/mol. The zero-order valence-corrected chi connectivity index (χ0v) is 8.64. The zero-order valence-electron chi connectivity index (χ0n) is 7.82. The molecular formula is C8H12N4OS. The van der Waals surface area contributed by atoms with Gasteiger partial charge in [0.15, 0.2) is 10.8 Å². The molecule has 0 aliphatic heterocycles. The number of nitrogens with one attached hydrogen (secondary N) is 1. The molecule has 0 aliphatic carbocycles. The van der Waals surface area contributed by atoms with E-state index < -0.39 is 0 Å². The maximum atomic E-state index is 4.28. The molecule has 2 aromatic rings. The van der Waals surface area contributed by atoms with Gasteiger partial charge in [0.05, 0.1) is 12.5 Å². The quantitative estimate of drug-likeness (QED) is 0.608. The number of aromatic amines is 1. The van der Waals surface area contributed by atoms with E-state index in [9.17, 15) is 0 Å². The molecule has 76 valence electrons. The largest absolute Gasteiger partial charge is 0.412 e. The van der Waals surface area contributed by atoms with Crippen LogP contribution in [0, 0.1) is 0 Å². The van der Waals surface area contributed by atoms with Gasteiger partial charge in [0.2, 0.25) is 0 Å². The summed E-state index contributed by atoms with van der Waals surface area (Å²) in [5.41, 5.74) is 1.63.